The number of halogens is 3. The third-order valence-corrected chi connectivity index (χ3v) is 4.56. The zero-order chi connectivity index (χ0) is 17.3. The molecule has 1 aliphatic heterocycles. The smallest absolute Gasteiger partial charge is 0.229 e. The highest BCUT2D eigenvalue weighted by atomic mass is 35.5. The number of carbonyl (C=O) groups excluding carboxylic acids is 2. The minimum atomic E-state index is -0.455. The summed E-state index contributed by atoms with van der Waals surface area (Å²) in [6.07, 6.45) is 0.130. The first-order chi connectivity index (χ1) is 11.4. The molecule has 1 heterocycles. The highest BCUT2D eigenvalue weighted by molar-refractivity contribution is 6.36. The lowest BCUT2D eigenvalue weighted by Crippen LogP contribution is -2.28. The van der Waals surface area contributed by atoms with Gasteiger partial charge in [0.15, 0.2) is 0 Å². The zero-order valence-electron chi connectivity index (χ0n) is 12.4. The second-order valence-electron chi connectivity index (χ2n) is 5.50. The van der Waals surface area contributed by atoms with Crippen LogP contribution in [0.25, 0.3) is 0 Å². The van der Waals surface area contributed by atoms with Crippen molar-refractivity contribution in [3.8, 4) is 0 Å². The van der Waals surface area contributed by atoms with E-state index in [-0.39, 0.29) is 24.8 Å². The van der Waals surface area contributed by atoms with Crippen molar-refractivity contribution in [1.29, 1.82) is 0 Å². The molecule has 1 atom stereocenters. The molecule has 2 aromatic carbocycles. The second-order valence-corrected chi connectivity index (χ2v) is 6.78. The van der Waals surface area contributed by atoms with E-state index in [1.54, 1.807) is 42.5 Å². The maximum absolute atomic E-state index is 12.4. The quantitative estimate of drug-likeness (QED) is 0.839. The predicted octanol–water partition coefficient (Wildman–Crippen LogP) is 4.64. The summed E-state index contributed by atoms with van der Waals surface area (Å²) >= 11 is 17.9. The second kappa shape index (κ2) is 7.01. The van der Waals surface area contributed by atoms with Gasteiger partial charge in [0, 0.05) is 28.7 Å². The van der Waals surface area contributed by atoms with Gasteiger partial charge in [-0.15, -0.1) is 0 Å². The van der Waals surface area contributed by atoms with Crippen LogP contribution in [0.5, 0.6) is 0 Å². The van der Waals surface area contributed by atoms with E-state index in [2.05, 4.69) is 5.32 Å². The van der Waals surface area contributed by atoms with E-state index >= 15 is 0 Å². The van der Waals surface area contributed by atoms with Crippen molar-refractivity contribution in [1.82, 2.24) is 0 Å². The van der Waals surface area contributed by atoms with Gasteiger partial charge in [0.05, 0.1) is 16.6 Å². The molecule has 24 heavy (non-hydrogen) atoms. The summed E-state index contributed by atoms with van der Waals surface area (Å²) in [5.41, 5.74) is 1.16. The Morgan fingerprint density at radius 2 is 1.83 bits per heavy atom. The minimum absolute atomic E-state index is 0.130. The van der Waals surface area contributed by atoms with Crippen LogP contribution in [0.4, 0.5) is 11.4 Å². The average Bonchev–Trinajstić information content (AvgIpc) is 2.89. The molecule has 0 bridgehead atoms. The molecule has 4 nitrogen and oxygen atoms in total. The fraction of sp³-hybridized carbons (Fsp3) is 0.176. The number of nitrogens with zero attached hydrogens (tertiary/aromatic N) is 1. The molecule has 0 aliphatic carbocycles. The molecule has 2 amide bonds. The Bertz CT molecular complexity index is 810. The van der Waals surface area contributed by atoms with E-state index in [0.717, 1.165) is 0 Å². The molecule has 1 aliphatic rings. The summed E-state index contributed by atoms with van der Waals surface area (Å²) in [4.78, 5) is 26.2. The van der Waals surface area contributed by atoms with Crippen LogP contribution in [0.2, 0.25) is 15.1 Å². The Morgan fingerprint density at radius 3 is 2.54 bits per heavy atom. The molecule has 1 fully saturated rings. The summed E-state index contributed by atoms with van der Waals surface area (Å²) < 4.78 is 0. The fourth-order valence-electron chi connectivity index (χ4n) is 2.63. The van der Waals surface area contributed by atoms with E-state index in [1.807, 2.05) is 0 Å². The van der Waals surface area contributed by atoms with Crippen LogP contribution in [-0.2, 0) is 9.59 Å². The Labute approximate surface area is 154 Å². The molecule has 0 aromatic heterocycles. The number of benzene rings is 2. The normalized spacial score (nSPS) is 17.2. The monoisotopic (exact) mass is 382 g/mol. The van der Waals surface area contributed by atoms with Gasteiger partial charge in [-0.1, -0.05) is 40.9 Å². The molecule has 124 valence electrons. The van der Waals surface area contributed by atoms with Crippen molar-refractivity contribution in [2.75, 3.05) is 16.8 Å². The lowest BCUT2D eigenvalue weighted by molar-refractivity contribution is -0.122. The molecule has 0 radical (unpaired) electrons. The van der Waals surface area contributed by atoms with Gasteiger partial charge < -0.3 is 10.2 Å². The first kappa shape index (κ1) is 17.1. The van der Waals surface area contributed by atoms with E-state index in [9.17, 15) is 9.59 Å². The molecule has 1 saturated heterocycles. The first-order valence-corrected chi connectivity index (χ1v) is 8.39. The van der Waals surface area contributed by atoms with Crippen LogP contribution in [0.15, 0.2) is 42.5 Å². The SMILES string of the molecule is O=C(Nc1cccc(Cl)c1)C1CC(=O)N(c2ccc(Cl)cc2Cl)C1. The standard InChI is InChI=1S/C17H13Cl3N2O2/c18-11-2-1-3-13(7-11)21-17(24)10-6-16(23)22(9-10)15-5-4-12(19)8-14(15)20/h1-5,7-8,10H,6,9H2,(H,21,24). The molecular weight excluding hydrogens is 371 g/mol. The number of rotatable bonds is 3. The summed E-state index contributed by atoms with van der Waals surface area (Å²) in [6, 6.07) is 11.8. The van der Waals surface area contributed by atoms with Crippen molar-refractivity contribution in [3.05, 3.63) is 57.5 Å². The third-order valence-electron chi connectivity index (χ3n) is 3.79. The van der Waals surface area contributed by atoms with E-state index in [1.165, 1.54) is 4.90 Å². The molecule has 3 rings (SSSR count). The molecule has 7 heteroatoms. The van der Waals surface area contributed by atoms with Crippen molar-refractivity contribution >= 4 is 58.0 Å². The Kier molecular flexibility index (Phi) is 4.99. The van der Waals surface area contributed by atoms with Crippen molar-refractivity contribution in [3.63, 3.8) is 0 Å². The molecule has 2 aromatic rings. The number of nitrogens with one attached hydrogen (secondary N) is 1. The Hall–Kier alpha value is -1.75. The van der Waals surface area contributed by atoms with E-state index < -0.39 is 5.92 Å². The van der Waals surface area contributed by atoms with Crippen LogP contribution in [0, 0.1) is 5.92 Å². The number of hydrogen-bond acceptors (Lipinski definition) is 2. The topological polar surface area (TPSA) is 49.4 Å². The summed E-state index contributed by atoms with van der Waals surface area (Å²) in [5.74, 6) is -0.827. The van der Waals surface area contributed by atoms with Crippen LogP contribution in [-0.4, -0.2) is 18.4 Å². The van der Waals surface area contributed by atoms with Crippen molar-refractivity contribution < 1.29 is 9.59 Å². The molecule has 0 saturated carbocycles. The zero-order valence-corrected chi connectivity index (χ0v) is 14.7. The van der Waals surface area contributed by atoms with Gasteiger partial charge in [-0.05, 0) is 36.4 Å². The van der Waals surface area contributed by atoms with Crippen LogP contribution in [0.1, 0.15) is 6.42 Å². The van der Waals surface area contributed by atoms with E-state index in [0.29, 0.717) is 26.4 Å². The van der Waals surface area contributed by atoms with Gasteiger partial charge in [0.25, 0.3) is 0 Å². The first-order valence-electron chi connectivity index (χ1n) is 7.26. The van der Waals surface area contributed by atoms with Gasteiger partial charge >= 0.3 is 0 Å². The van der Waals surface area contributed by atoms with Gasteiger partial charge in [0.1, 0.15) is 0 Å². The third kappa shape index (κ3) is 3.66. The highest BCUT2D eigenvalue weighted by Gasteiger charge is 2.36. The van der Waals surface area contributed by atoms with Crippen LogP contribution in [0.3, 0.4) is 0 Å². The Morgan fingerprint density at radius 1 is 1.08 bits per heavy atom. The summed E-state index contributed by atoms with van der Waals surface area (Å²) in [5, 5.41) is 4.19. The average molecular weight is 384 g/mol. The lowest BCUT2D eigenvalue weighted by Gasteiger charge is -2.18. The van der Waals surface area contributed by atoms with Gasteiger partial charge in [-0.3, -0.25) is 9.59 Å². The highest BCUT2D eigenvalue weighted by Crippen LogP contribution is 2.33. The van der Waals surface area contributed by atoms with Crippen LogP contribution >= 0.6 is 34.8 Å². The number of amides is 2. The summed E-state index contributed by atoms with van der Waals surface area (Å²) in [6.45, 7) is 0.270. The predicted molar refractivity (Wildman–Crippen MR) is 97.0 cm³/mol. The van der Waals surface area contributed by atoms with Crippen molar-refractivity contribution in [2.24, 2.45) is 5.92 Å². The number of hydrogen-bond donors (Lipinski definition) is 1. The fourth-order valence-corrected chi connectivity index (χ4v) is 3.33. The van der Waals surface area contributed by atoms with Crippen LogP contribution < -0.4 is 10.2 Å². The van der Waals surface area contributed by atoms with Gasteiger partial charge in [-0.25, -0.2) is 0 Å². The van der Waals surface area contributed by atoms with Crippen molar-refractivity contribution in [2.45, 2.75) is 6.42 Å². The molecule has 0 spiro atoms. The lowest BCUT2D eigenvalue weighted by atomic mass is 10.1. The molecule has 1 unspecified atom stereocenters. The van der Waals surface area contributed by atoms with E-state index in [4.69, 9.17) is 34.8 Å². The maximum Gasteiger partial charge on any atom is 0.229 e. The Balaban J connectivity index is 1.73. The maximum atomic E-state index is 12.4. The summed E-state index contributed by atoms with van der Waals surface area (Å²) in [7, 11) is 0. The molecular formula is C17H13Cl3N2O2. The van der Waals surface area contributed by atoms with Gasteiger partial charge in [0.2, 0.25) is 11.8 Å². The molecule has 1 N–H and O–H groups in total. The minimum Gasteiger partial charge on any atom is -0.326 e. The number of anilines is 2. The largest absolute Gasteiger partial charge is 0.326 e. The number of carbonyl (C=O) groups is 2. The van der Waals surface area contributed by atoms with Gasteiger partial charge in [-0.2, -0.15) is 0 Å².